The molecule has 0 spiro atoms. The van der Waals surface area contributed by atoms with Crippen molar-refractivity contribution in [2.75, 3.05) is 20.3 Å². The van der Waals surface area contributed by atoms with Crippen LogP contribution in [0.1, 0.15) is 19.8 Å². The van der Waals surface area contributed by atoms with E-state index in [4.69, 9.17) is 10.5 Å². The third-order valence-electron chi connectivity index (χ3n) is 3.13. The van der Waals surface area contributed by atoms with Crippen LogP contribution in [-0.4, -0.2) is 28.3 Å². The lowest BCUT2D eigenvalue weighted by molar-refractivity contribution is 0.154. The Morgan fingerprint density at radius 2 is 1.85 bits per heavy atom. The molecule has 0 aliphatic carbocycles. The van der Waals surface area contributed by atoms with Gasteiger partial charge in [-0.05, 0) is 13.0 Å². The van der Waals surface area contributed by atoms with Gasteiger partial charge in [-0.15, -0.1) is 0 Å². The van der Waals surface area contributed by atoms with Crippen LogP contribution in [0.15, 0.2) is 0 Å². The SMILES string of the molecule is CCCC(CN)(COC)[Si](C)(C)C. The molecule has 3 heteroatoms. The number of rotatable bonds is 6. The van der Waals surface area contributed by atoms with Gasteiger partial charge in [-0.25, -0.2) is 0 Å². The topological polar surface area (TPSA) is 35.2 Å². The van der Waals surface area contributed by atoms with Gasteiger partial charge in [0.05, 0.1) is 14.7 Å². The molecule has 0 amide bonds. The Balaban J connectivity index is 4.64. The summed E-state index contributed by atoms with van der Waals surface area (Å²) in [4.78, 5) is 0. The summed E-state index contributed by atoms with van der Waals surface area (Å²) < 4.78 is 5.33. The van der Waals surface area contributed by atoms with E-state index in [1.807, 2.05) is 0 Å². The Labute approximate surface area is 83.9 Å². The monoisotopic (exact) mass is 203 g/mol. The summed E-state index contributed by atoms with van der Waals surface area (Å²) in [6, 6.07) is 0. The molecule has 0 fully saturated rings. The van der Waals surface area contributed by atoms with Crippen molar-refractivity contribution in [1.82, 2.24) is 0 Å². The molecule has 0 aromatic carbocycles. The molecule has 0 aliphatic rings. The van der Waals surface area contributed by atoms with Gasteiger partial charge in [0.2, 0.25) is 0 Å². The highest BCUT2D eigenvalue weighted by atomic mass is 28.3. The highest BCUT2D eigenvalue weighted by Crippen LogP contribution is 2.41. The molecule has 13 heavy (non-hydrogen) atoms. The molecule has 2 N–H and O–H groups in total. The Hall–Kier alpha value is 0.137. The zero-order chi connectivity index (χ0) is 10.5. The minimum atomic E-state index is -1.23. The van der Waals surface area contributed by atoms with E-state index in [0.717, 1.165) is 13.2 Å². The maximum Gasteiger partial charge on any atom is 0.0551 e. The second-order valence-corrected chi connectivity index (χ2v) is 10.5. The van der Waals surface area contributed by atoms with Crippen molar-refractivity contribution in [3.63, 3.8) is 0 Å². The summed E-state index contributed by atoms with van der Waals surface area (Å²) in [6.07, 6.45) is 2.40. The maximum absolute atomic E-state index is 5.92. The predicted molar refractivity (Wildman–Crippen MR) is 61.9 cm³/mol. The number of nitrogens with two attached hydrogens (primary N) is 1. The largest absolute Gasteiger partial charge is 0.384 e. The Kier molecular flexibility index (Phi) is 5.18. The van der Waals surface area contributed by atoms with Gasteiger partial charge in [-0.1, -0.05) is 33.0 Å². The van der Waals surface area contributed by atoms with E-state index in [1.165, 1.54) is 12.8 Å². The molecule has 0 radical (unpaired) electrons. The van der Waals surface area contributed by atoms with E-state index >= 15 is 0 Å². The minimum Gasteiger partial charge on any atom is -0.384 e. The van der Waals surface area contributed by atoms with Gasteiger partial charge in [0.15, 0.2) is 0 Å². The van der Waals surface area contributed by atoms with Crippen molar-refractivity contribution in [3.8, 4) is 0 Å². The summed E-state index contributed by atoms with van der Waals surface area (Å²) >= 11 is 0. The molecule has 0 saturated heterocycles. The minimum absolute atomic E-state index is 0.274. The van der Waals surface area contributed by atoms with Gasteiger partial charge in [0.1, 0.15) is 0 Å². The molecule has 1 unspecified atom stereocenters. The first-order chi connectivity index (χ1) is 5.93. The van der Waals surface area contributed by atoms with Crippen LogP contribution in [0.4, 0.5) is 0 Å². The van der Waals surface area contributed by atoms with E-state index in [0.29, 0.717) is 0 Å². The molecule has 2 nitrogen and oxygen atoms in total. The standard InChI is InChI=1S/C10H25NOSi/c1-6-7-10(8-11,9-12-2)13(3,4)5/h6-9,11H2,1-5H3. The smallest absolute Gasteiger partial charge is 0.0551 e. The first-order valence-corrected chi connectivity index (χ1v) is 8.62. The van der Waals surface area contributed by atoms with Crippen LogP contribution in [0, 0.1) is 0 Å². The van der Waals surface area contributed by atoms with Crippen molar-refractivity contribution in [1.29, 1.82) is 0 Å². The van der Waals surface area contributed by atoms with E-state index in [2.05, 4.69) is 26.6 Å². The third kappa shape index (κ3) is 3.08. The van der Waals surface area contributed by atoms with Crippen molar-refractivity contribution in [2.45, 2.75) is 44.4 Å². The lowest BCUT2D eigenvalue weighted by atomic mass is 10.0. The Morgan fingerprint density at radius 3 is 2.08 bits per heavy atom. The van der Waals surface area contributed by atoms with Crippen molar-refractivity contribution >= 4 is 8.07 Å². The first-order valence-electron chi connectivity index (χ1n) is 5.12. The van der Waals surface area contributed by atoms with Crippen LogP contribution in [0.5, 0.6) is 0 Å². The van der Waals surface area contributed by atoms with Gasteiger partial charge in [-0.2, -0.15) is 0 Å². The van der Waals surface area contributed by atoms with Crippen LogP contribution in [0.25, 0.3) is 0 Å². The maximum atomic E-state index is 5.92. The molecule has 0 rings (SSSR count). The fraction of sp³-hybridized carbons (Fsp3) is 1.00. The van der Waals surface area contributed by atoms with Gasteiger partial charge in [0, 0.05) is 12.1 Å². The lowest BCUT2D eigenvalue weighted by Gasteiger charge is -2.42. The molecule has 0 bridgehead atoms. The molecule has 1 atom stereocenters. The molecule has 0 aliphatic heterocycles. The molecule has 0 aromatic rings. The summed E-state index contributed by atoms with van der Waals surface area (Å²) in [5.74, 6) is 0. The van der Waals surface area contributed by atoms with Crippen LogP contribution < -0.4 is 5.73 Å². The average Bonchev–Trinajstić information content (AvgIpc) is 2.02. The molecular weight excluding hydrogens is 178 g/mol. The second kappa shape index (κ2) is 5.13. The molecule has 0 aromatic heterocycles. The van der Waals surface area contributed by atoms with Crippen LogP contribution in [0.2, 0.25) is 24.7 Å². The highest BCUT2D eigenvalue weighted by molar-refractivity contribution is 6.79. The first kappa shape index (κ1) is 13.1. The fourth-order valence-electron chi connectivity index (χ4n) is 1.89. The van der Waals surface area contributed by atoms with Crippen LogP contribution in [-0.2, 0) is 4.74 Å². The van der Waals surface area contributed by atoms with Gasteiger partial charge >= 0.3 is 0 Å². The predicted octanol–water partition coefficient (Wildman–Crippen LogP) is 2.47. The molecule has 0 heterocycles. The van der Waals surface area contributed by atoms with E-state index in [9.17, 15) is 0 Å². The number of hydrogen-bond donors (Lipinski definition) is 1. The molecule has 80 valence electrons. The third-order valence-corrected chi connectivity index (χ3v) is 6.91. The quantitative estimate of drug-likeness (QED) is 0.673. The summed E-state index contributed by atoms with van der Waals surface area (Å²) in [5.41, 5.74) is 5.92. The number of methoxy groups -OCH3 is 1. The molecule has 0 saturated carbocycles. The zero-order valence-corrected chi connectivity index (χ0v) is 10.8. The average molecular weight is 203 g/mol. The van der Waals surface area contributed by atoms with Crippen LogP contribution >= 0.6 is 0 Å². The normalized spacial score (nSPS) is 17.1. The summed E-state index contributed by atoms with van der Waals surface area (Å²) in [7, 11) is 0.549. The van der Waals surface area contributed by atoms with Crippen molar-refractivity contribution in [3.05, 3.63) is 0 Å². The van der Waals surface area contributed by atoms with Crippen molar-refractivity contribution in [2.24, 2.45) is 5.73 Å². The van der Waals surface area contributed by atoms with Crippen LogP contribution in [0.3, 0.4) is 0 Å². The summed E-state index contributed by atoms with van der Waals surface area (Å²) in [6.45, 7) is 11.0. The molecular formula is C10H25NOSi. The fourth-order valence-corrected chi connectivity index (χ4v) is 4.08. The van der Waals surface area contributed by atoms with E-state index < -0.39 is 8.07 Å². The van der Waals surface area contributed by atoms with E-state index in [-0.39, 0.29) is 5.04 Å². The zero-order valence-electron chi connectivity index (χ0n) is 9.81. The van der Waals surface area contributed by atoms with Gasteiger partial charge < -0.3 is 10.5 Å². The van der Waals surface area contributed by atoms with E-state index in [1.54, 1.807) is 7.11 Å². The Morgan fingerprint density at radius 1 is 1.31 bits per heavy atom. The van der Waals surface area contributed by atoms with Crippen molar-refractivity contribution < 1.29 is 4.74 Å². The Bertz CT molecular complexity index is 136. The lowest BCUT2D eigenvalue weighted by Crippen LogP contribution is -2.47. The van der Waals surface area contributed by atoms with Gasteiger partial charge in [0.25, 0.3) is 0 Å². The summed E-state index contributed by atoms with van der Waals surface area (Å²) in [5, 5.41) is 0.274. The second-order valence-electron chi connectivity index (χ2n) is 4.92. The van der Waals surface area contributed by atoms with Gasteiger partial charge in [-0.3, -0.25) is 0 Å². The number of ether oxygens (including phenoxy) is 1. The number of hydrogen-bond acceptors (Lipinski definition) is 2. The highest BCUT2D eigenvalue weighted by Gasteiger charge is 2.41.